The lowest BCUT2D eigenvalue weighted by Gasteiger charge is -2.39. The van der Waals surface area contributed by atoms with Crippen molar-refractivity contribution in [1.82, 2.24) is 15.1 Å². The highest BCUT2D eigenvalue weighted by Crippen LogP contribution is 2.37. The normalized spacial score (nSPS) is 21.4. The molecule has 2 heterocycles. The Morgan fingerprint density at radius 1 is 0.943 bits per heavy atom. The number of methoxy groups -OCH3 is 2. The lowest BCUT2D eigenvalue weighted by molar-refractivity contribution is -0.133. The molecule has 0 spiro atoms. The fourth-order valence-electron chi connectivity index (χ4n) is 5.48. The van der Waals surface area contributed by atoms with Gasteiger partial charge in [0.1, 0.15) is 5.54 Å². The minimum absolute atomic E-state index is 0.0910. The van der Waals surface area contributed by atoms with E-state index in [1.807, 2.05) is 19.1 Å². The molecule has 2 saturated heterocycles. The Balaban J connectivity index is 1.43. The van der Waals surface area contributed by atoms with Crippen LogP contribution in [0, 0.1) is 26.7 Å². The largest absolute Gasteiger partial charge is 0.493 e. The number of benzene rings is 2. The molecule has 35 heavy (non-hydrogen) atoms. The summed E-state index contributed by atoms with van der Waals surface area (Å²) in [7, 11) is 3.13. The molecule has 2 fully saturated rings. The zero-order chi connectivity index (χ0) is 25.3. The van der Waals surface area contributed by atoms with E-state index in [0.29, 0.717) is 11.5 Å². The van der Waals surface area contributed by atoms with E-state index >= 15 is 0 Å². The maximum absolute atomic E-state index is 13.5. The number of carbonyl (C=O) groups excluding carboxylic acids is 2. The number of nitrogens with zero attached hydrogens (tertiary/aromatic N) is 2. The Morgan fingerprint density at radius 3 is 2.29 bits per heavy atom. The molecule has 0 saturated carbocycles. The zero-order valence-electron chi connectivity index (χ0n) is 21.7. The third-order valence-electron chi connectivity index (χ3n) is 7.86. The molecule has 7 nitrogen and oxygen atoms in total. The summed E-state index contributed by atoms with van der Waals surface area (Å²) in [6.07, 6.45) is 1.73. The van der Waals surface area contributed by atoms with Crippen LogP contribution in [0.5, 0.6) is 11.5 Å². The van der Waals surface area contributed by atoms with Crippen LogP contribution in [0.4, 0.5) is 4.79 Å². The minimum atomic E-state index is -0.897. The first-order chi connectivity index (χ1) is 16.7. The van der Waals surface area contributed by atoms with Crippen molar-refractivity contribution in [3.05, 3.63) is 58.1 Å². The van der Waals surface area contributed by atoms with Crippen molar-refractivity contribution in [2.45, 2.75) is 59.2 Å². The van der Waals surface area contributed by atoms with Gasteiger partial charge in [-0.2, -0.15) is 0 Å². The predicted octanol–water partition coefficient (Wildman–Crippen LogP) is 4.35. The average molecular weight is 480 g/mol. The van der Waals surface area contributed by atoms with E-state index in [9.17, 15) is 9.59 Å². The number of amides is 3. The van der Waals surface area contributed by atoms with Gasteiger partial charge < -0.3 is 14.8 Å². The lowest BCUT2D eigenvalue weighted by Crippen LogP contribution is -2.53. The molecule has 0 bridgehead atoms. The first-order valence-corrected chi connectivity index (χ1v) is 12.3. The Morgan fingerprint density at radius 2 is 1.63 bits per heavy atom. The van der Waals surface area contributed by atoms with Crippen molar-refractivity contribution in [2.24, 2.45) is 5.92 Å². The van der Waals surface area contributed by atoms with Gasteiger partial charge in [-0.3, -0.25) is 14.6 Å². The molecule has 2 aliphatic rings. The summed E-state index contributed by atoms with van der Waals surface area (Å²) in [5.74, 6) is 1.04. The number of likely N-dealkylation sites (tertiary alicyclic amines) is 1. The summed E-state index contributed by atoms with van der Waals surface area (Å²) in [4.78, 5) is 30.2. The average Bonchev–Trinajstić information content (AvgIpc) is 3.06. The molecule has 0 radical (unpaired) electrons. The van der Waals surface area contributed by atoms with Crippen molar-refractivity contribution in [2.75, 3.05) is 27.3 Å². The Kier molecular flexibility index (Phi) is 7.08. The number of piperidine rings is 1. The van der Waals surface area contributed by atoms with Crippen LogP contribution in [-0.4, -0.2) is 54.6 Å². The van der Waals surface area contributed by atoms with Gasteiger partial charge >= 0.3 is 6.03 Å². The molecule has 0 aromatic heterocycles. The van der Waals surface area contributed by atoms with E-state index in [4.69, 9.17) is 9.47 Å². The predicted molar refractivity (Wildman–Crippen MR) is 136 cm³/mol. The summed E-state index contributed by atoms with van der Waals surface area (Å²) >= 11 is 0. The van der Waals surface area contributed by atoms with Crippen LogP contribution in [-0.2, 0) is 17.9 Å². The van der Waals surface area contributed by atoms with E-state index < -0.39 is 5.54 Å². The highest BCUT2D eigenvalue weighted by atomic mass is 16.5. The highest BCUT2D eigenvalue weighted by molar-refractivity contribution is 6.07. The number of hydrogen-bond donors (Lipinski definition) is 1. The molecular formula is C28H37N3O4. The highest BCUT2D eigenvalue weighted by Gasteiger charge is 2.52. The van der Waals surface area contributed by atoms with Gasteiger partial charge in [-0.05, 0) is 87.9 Å². The molecule has 1 N–H and O–H groups in total. The first kappa shape index (κ1) is 25.0. The molecule has 3 amide bonds. The van der Waals surface area contributed by atoms with Crippen LogP contribution in [0.15, 0.2) is 30.3 Å². The molecule has 4 rings (SSSR count). The van der Waals surface area contributed by atoms with Crippen LogP contribution in [0.2, 0.25) is 0 Å². The first-order valence-electron chi connectivity index (χ1n) is 12.3. The maximum atomic E-state index is 13.5. The smallest absolute Gasteiger partial charge is 0.325 e. The SMILES string of the molecule is COc1cccc(CN2C(=O)N[C@@](C)(C3CCN(Cc4cc(C)c(C)cc4C)CC3)C2=O)c1OC. The second kappa shape index (κ2) is 9.90. The van der Waals surface area contributed by atoms with Crippen LogP contribution < -0.4 is 14.8 Å². The topological polar surface area (TPSA) is 71.1 Å². The molecular weight excluding hydrogens is 442 g/mol. The van der Waals surface area contributed by atoms with E-state index in [1.165, 1.54) is 27.2 Å². The van der Waals surface area contributed by atoms with Gasteiger partial charge in [0.2, 0.25) is 0 Å². The van der Waals surface area contributed by atoms with Crippen molar-refractivity contribution in [1.29, 1.82) is 0 Å². The fraction of sp³-hybridized carbons (Fsp3) is 0.500. The van der Waals surface area contributed by atoms with Gasteiger partial charge in [0.15, 0.2) is 11.5 Å². The third kappa shape index (κ3) is 4.74. The second-order valence-corrected chi connectivity index (χ2v) is 10.1. The van der Waals surface area contributed by atoms with Crippen LogP contribution in [0.1, 0.15) is 47.6 Å². The Hall–Kier alpha value is -3.06. The quantitative estimate of drug-likeness (QED) is 0.598. The van der Waals surface area contributed by atoms with Gasteiger partial charge in [0.05, 0.1) is 20.8 Å². The van der Waals surface area contributed by atoms with E-state index in [-0.39, 0.29) is 24.4 Å². The van der Waals surface area contributed by atoms with E-state index in [1.54, 1.807) is 20.3 Å². The number of nitrogens with one attached hydrogen (secondary N) is 1. The molecule has 7 heteroatoms. The van der Waals surface area contributed by atoms with Crippen LogP contribution in [0.3, 0.4) is 0 Å². The number of hydrogen-bond acceptors (Lipinski definition) is 5. The Labute approximate surface area is 208 Å². The molecule has 1 atom stereocenters. The molecule has 2 aliphatic heterocycles. The molecule has 0 unspecified atom stereocenters. The number of imide groups is 1. The number of aryl methyl sites for hydroxylation is 3. The van der Waals surface area contributed by atoms with Gasteiger partial charge in [0, 0.05) is 12.1 Å². The lowest BCUT2D eigenvalue weighted by atomic mass is 9.78. The summed E-state index contributed by atoms with van der Waals surface area (Å²) in [5.41, 5.74) is 5.17. The van der Waals surface area contributed by atoms with Gasteiger partial charge in [0.25, 0.3) is 5.91 Å². The van der Waals surface area contributed by atoms with Crippen molar-refractivity contribution >= 4 is 11.9 Å². The number of carbonyl (C=O) groups is 2. The summed E-state index contributed by atoms with van der Waals surface area (Å²) in [5, 5.41) is 3.02. The minimum Gasteiger partial charge on any atom is -0.493 e. The summed E-state index contributed by atoms with van der Waals surface area (Å²) in [6.45, 7) is 11.2. The summed E-state index contributed by atoms with van der Waals surface area (Å²) < 4.78 is 10.9. The number of rotatable bonds is 7. The number of ether oxygens (including phenoxy) is 2. The molecule has 2 aromatic rings. The van der Waals surface area contributed by atoms with Gasteiger partial charge in [-0.15, -0.1) is 0 Å². The second-order valence-electron chi connectivity index (χ2n) is 10.1. The van der Waals surface area contributed by atoms with Crippen LogP contribution in [0.25, 0.3) is 0 Å². The summed E-state index contributed by atoms with van der Waals surface area (Å²) in [6, 6.07) is 9.69. The number of urea groups is 1. The van der Waals surface area contributed by atoms with Crippen LogP contribution >= 0.6 is 0 Å². The monoisotopic (exact) mass is 479 g/mol. The number of para-hydroxylation sites is 1. The standard InChI is InChI=1S/C28H37N3O4/c1-18-14-20(3)22(15-19(18)2)16-30-12-10-23(11-13-30)28(4)26(32)31(27(33)29-28)17-21-8-7-9-24(34-5)25(21)35-6/h7-9,14-15,23H,10-13,16-17H2,1-6H3,(H,29,33)/t28-/m0/s1. The van der Waals surface area contributed by atoms with Gasteiger partial charge in [-0.1, -0.05) is 24.3 Å². The van der Waals surface area contributed by atoms with Gasteiger partial charge in [-0.25, -0.2) is 4.79 Å². The molecule has 2 aromatic carbocycles. The van der Waals surface area contributed by atoms with Crippen molar-refractivity contribution in [3.8, 4) is 11.5 Å². The zero-order valence-corrected chi connectivity index (χ0v) is 21.7. The fourth-order valence-corrected chi connectivity index (χ4v) is 5.48. The van der Waals surface area contributed by atoms with E-state index in [2.05, 4.69) is 43.1 Å². The van der Waals surface area contributed by atoms with E-state index in [0.717, 1.165) is 38.0 Å². The maximum Gasteiger partial charge on any atom is 0.325 e. The van der Waals surface area contributed by atoms with Crippen molar-refractivity contribution < 1.29 is 19.1 Å². The molecule has 0 aliphatic carbocycles. The van der Waals surface area contributed by atoms with Crippen molar-refractivity contribution in [3.63, 3.8) is 0 Å². The molecule has 188 valence electrons. The Bertz CT molecular complexity index is 1120. The third-order valence-corrected chi connectivity index (χ3v) is 7.86.